The molecule has 0 aliphatic heterocycles. The van der Waals surface area contributed by atoms with Crippen LogP contribution in [0.1, 0.15) is 25.3 Å². The van der Waals surface area contributed by atoms with Gasteiger partial charge in [-0.2, -0.15) is 0 Å². The molecule has 4 nitrogen and oxygen atoms in total. The number of aliphatic carboxylic acids is 1. The molecule has 0 saturated heterocycles. The van der Waals surface area contributed by atoms with Gasteiger partial charge in [0.2, 0.25) is 5.91 Å². The third-order valence-corrected chi connectivity index (χ3v) is 3.76. The monoisotopic (exact) mass is 281 g/mol. The van der Waals surface area contributed by atoms with Crippen LogP contribution in [-0.4, -0.2) is 23.0 Å². The van der Waals surface area contributed by atoms with Gasteiger partial charge < -0.3 is 10.4 Å². The van der Waals surface area contributed by atoms with Crippen molar-refractivity contribution >= 4 is 23.5 Å². The van der Waals surface area contributed by atoms with E-state index in [1.165, 1.54) is 6.92 Å². The van der Waals surface area contributed by atoms with Gasteiger partial charge in [-0.15, -0.1) is 0 Å². The molecule has 1 aliphatic carbocycles. The highest BCUT2D eigenvalue weighted by Crippen LogP contribution is 2.29. The van der Waals surface area contributed by atoms with E-state index in [4.69, 9.17) is 11.6 Å². The van der Waals surface area contributed by atoms with E-state index in [2.05, 4.69) is 5.32 Å². The summed E-state index contributed by atoms with van der Waals surface area (Å²) in [5, 5.41) is 12.6. The van der Waals surface area contributed by atoms with Crippen LogP contribution in [0.4, 0.5) is 0 Å². The molecule has 1 aromatic carbocycles. The number of rotatable bonds is 5. The van der Waals surface area contributed by atoms with E-state index in [9.17, 15) is 14.7 Å². The third kappa shape index (κ3) is 3.07. The van der Waals surface area contributed by atoms with Crippen LogP contribution in [-0.2, 0) is 16.0 Å². The number of nitrogens with one attached hydrogen (secondary N) is 1. The number of halogens is 1. The number of hydrogen-bond acceptors (Lipinski definition) is 2. The van der Waals surface area contributed by atoms with Gasteiger partial charge in [-0.3, -0.25) is 9.59 Å². The highest BCUT2D eigenvalue weighted by Gasteiger charge is 2.43. The number of carbonyl (C=O) groups is 2. The van der Waals surface area contributed by atoms with Crippen molar-refractivity contribution in [2.45, 2.75) is 32.2 Å². The maximum absolute atomic E-state index is 12.1. The summed E-state index contributed by atoms with van der Waals surface area (Å²) in [5.41, 5.74) is -0.826. The van der Waals surface area contributed by atoms with Crippen molar-refractivity contribution in [2.75, 3.05) is 0 Å². The summed E-state index contributed by atoms with van der Waals surface area (Å²) in [7, 11) is 0. The van der Waals surface area contributed by atoms with Gasteiger partial charge in [-0.1, -0.05) is 29.8 Å². The van der Waals surface area contributed by atoms with E-state index in [0.29, 0.717) is 10.6 Å². The highest BCUT2D eigenvalue weighted by atomic mass is 35.5. The summed E-state index contributed by atoms with van der Waals surface area (Å²) in [4.78, 5) is 23.6. The van der Waals surface area contributed by atoms with Crippen molar-refractivity contribution in [3.8, 4) is 0 Å². The Morgan fingerprint density at radius 3 is 2.58 bits per heavy atom. The average molecular weight is 282 g/mol. The van der Waals surface area contributed by atoms with Gasteiger partial charge in [0, 0.05) is 11.1 Å². The van der Waals surface area contributed by atoms with Gasteiger partial charge in [0.05, 0.1) is 0 Å². The molecular weight excluding hydrogens is 266 g/mol. The molecule has 0 spiro atoms. The van der Waals surface area contributed by atoms with Crippen LogP contribution in [0, 0.1) is 5.41 Å². The molecule has 1 aromatic rings. The van der Waals surface area contributed by atoms with E-state index in [1.54, 1.807) is 24.3 Å². The lowest BCUT2D eigenvalue weighted by molar-refractivity contribution is -0.154. The molecule has 5 heteroatoms. The molecule has 1 fully saturated rings. The zero-order valence-electron chi connectivity index (χ0n) is 10.6. The van der Waals surface area contributed by atoms with Gasteiger partial charge >= 0.3 is 5.97 Å². The largest absolute Gasteiger partial charge is 0.480 e. The van der Waals surface area contributed by atoms with Crippen molar-refractivity contribution in [3.05, 3.63) is 34.9 Å². The van der Waals surface area contributed by atoms with E-state index in [0.717, 1.165) is 12.8 Å². The number of carboxylic acid groups (broad SMARTS) is 1. The zero-order valence-corrected chi connectivity index (χ0v) is 11.4. The fourth-order valence-electron chi connectivity index (χ4n) is 1.85. The lowest BCUT2D eigenvalue weighted by Gasteiger charge is -2.24. The lowest BCUT2D eigenvalue weighted by atomic mass is 9.82. The van der Waals surface area contributed by atoms with Crippen molar-refractivity contribution < 1.29 is 14.7 Å². The first kappa shape index (κ1) is 13.9. The average Bonchev–Trinajstić information content (AvgIpc) is 3.15. The van der Waals surface area contributed by atoms with Crippen LogP contribution in [0.15, 0.2) is 24.3 Å². The first-order valence-corrected chi connectivity index (χ1v) is 6.59. The smallest absolute Gasteiger partial charge is 0.319 e. The van der Waals surface area contributed by atoms with Crippen molar-refractivity contribution in [2.24, 2.45) is 5.41 Å². The van der Waals surface area contributed by atoms with Crippen LogP contribution in [0.25, 0.3) is 0 Å². The Labute approximate surface area is 116 Å². The number of benzene rings is 1. The summed E-state index contributed by atoms with van der Waals surface area (Å²) in [5.74, 6) is -1.58. The second kappa shape index (κ2) is 5.21. The first-order chi connectivity index (χ1) is 8.93. The number of carboxylic acids is 1. The molecular formula is C14H16ClNO3. The molecule has 0 heterocycles. The predicted molar refractivity (Wildman–Crippen MR) is 72.1 cm³/mol. The summed E-state index contributed by atoms with van der Waals surface area (Å²) in [6.45, 7) is 1.44. The fraction of sp³-hybridized carbons (Fsp3) is 0.429. The van der Waals surface area contributed by atoms with Crippen molar-refractivity contribution in [1.29, 1.82) is 0 Å². The Balaban J connectivity index is 2.21. The molecule has 1 aliphatic rings. The number of amides is 1. The standard InChI is InChI=1S/C14H16ClNO3/c1-14(13(18)19,12(17)16-10-6-7-10)8-9-4-2-3-5-11(9)15/h2-5,10H,6-8H2,1H3,(H,16,17)(H,18,19). The topological polar surface area (TPSA) is 66.4 Å². The maximum Gasteiger partial charge on any atom is 0.319 e. The predicted octanol–water partition coefficient (Wildman–Crippen LogP) is 2.25. The summed E-state index contributed by atoms with van der Waals surface area (Å²) in [6, 6.07) is 7.12. The molecule has 1 saturated carbocycles. The zero-order chi connectivity index (χ0) is 14.0. The van der Waals surface area contributed by atoms with Crippen LogP contribution in [0.2, 0.25) is 5.02 Å². The van der Waals surface area contributed by atoms with Gasteiger partial charge in [-0.25, -0.2) is 0 Å². The Morgan fingerprint density at radius 1 is 1.42 bits per heavy atom. The normalized spacial score (nSPS) is 17.6. The first-order valence-electron chi connectivity index (χ1n) is 6.21. The van der Waals surface area contributed by atoms with Gasteiger partial charge in [-0.05, 0) is 37.8 Å². The number of hydrogen-bond donors (Lipinski definition) is 2. The number of carbonyl (C=O) groups excluding carboxylic acids is 1. The maximum atomic E-state index is 12.1. The molecule has 1 amide bonds. The van der Waals surface area contributed by atoms with E-state index >= 15 is 0 Å². The third-order valence-electron chi connectivity index (χ3n) is 3.39. The molecule has 1 atom stereocenters. The molecule has 19 heavy (non-hydrogen) atoms. The van der Waals surface area contributed by atoms with Crippen molar-refractivity contribution in [1.82, 2.24) is 5.32 Å². The minimum absolute atomic E-state index is 0.0839. The van der Waals surface area contributed by atoms with Crippen LogP contribution in [0.3, 0.4) is 0 Å². The summed E-state index contributed by atoms with van der Waals surface area (Å²) < 4.78 is 0. The molecule has 0 radical (unpaired) electrons. The lowest BCUT2D eigenvalue weighted by Crippen LogP contribution is -2.46. The molecule has 0 aromatic heterocycles. The highest BCUT2D eigenvalue weighted by molar-refractivity contribution is 6.31. The van der Waals surface area contributed by atoms with Gasteiger partial charge in [0.25, 0.3) is 0 Å². The minimum Gasteiger partial charge on any atom is -0.480 e. The Kier molecular flexibility index (Phi) is 3.80. The molecule has 2 N–H and O–H groups in total. The second-order valence-corrected chi connectivity index (χ2v) is 5.56. The Bertz CT molecular complexity index is 513. The van der Waals surface area contributed by atoms with E-state index in [1.807, 2.05) is 0 Å². The van der Waals surface area contributed by atoms with Crippen LogP contribution >= 0.6 is 11.6 Å². The fourth-order valence-corrected chi connectivity index (χ4v) is 2.05. The molecule has 2 rings (SSSR count). The van der Waals surface area contributed by atoms with Crippen LogP contribution in [0.5, 0.6) is 0 Å². The summed E-state index contributed by atoms with van der Waals surface area (Å²) in [6.07, 6.45) is 1.93. The second-order valence-electron chi connectivity index (χ2n) is 5.15. The Hall–Kier alpha value is -1.55. The SMILES string of the molecule is CC(Cc1ccccc1Cl)(C(=O)O)C(=O)NC1CC1. The van der Waals surface area contributed by atoms with Gasteiger partial charge in [0.15, 0.2) is 0 Å². The molecule has 102 valence electrons. The van der Waals surface area contributed by atoms with Crippen LogP contribution < -0.4 is 5.32 Å². The minimum atomic E-state index is -1.49. The van der Waals surface area contributed by atoms with E-state index in [-0.39, 0.29) is 12.5 Å². The summed E-state index contributed by atoms with van der Waals surface area (Å²) >= 11 is 6.03. The molecule has 0 bridgehead atoms. The van der Waals surface area contributed by atoms with Crippen molar-refractivity contribution in [3.63, 3.8) is 0 Å². The molecule has 1 unspecified atom stereocenters. The van der Waals surface area contributed by atoms with E-state index < -0.39 is 17.3 Å². The quantitative estimate of drug-likeness (QED) is 0.814. The Morgan fingerprint density at radius 2 is 2.05 bits per heavy atom. The van der Waals surface area contributed by atoms with Gasteiger partial charge in [0.1, 0.15) is 5.41 Å².